The number of rotatable bonds is 7. The first-order valence-electron chi connectivity index (χ1n) is 8.48. The molecule has 0 aliphatic carbocycles. The van der Waals surface area contributed by atoms with Gasteiger partial charge in [0.15, 0.2) is 5.75 Å². The van der Waals surface area contributed by atoms with Gasteiger partial charge in [-0.05, 0) is 25.0 Å². The van der Waals surface area contributed by atoms with Gasteiger partial charge in [0.25, 0.3) is 10.9 Å². The highest BCUT2D eigenvalue weighted by Gasteiger charge is 2.24. The second kappa shape index (κ2) is 7.39. The number of aromatic nitrogens is 1. The zero-order valence-electron chi connectivity index (χ0n) is 15.0. The van der Waals surface area contributed by atoms with Crippen LogP contribution in [-0.4, -0.2) is 12.1 Å². The van der Waals surface area contributed by atoms with Crippen LogP contribution in [-0.2, 0) is 0 Å². The van der Waals surface area contributed by atoms with Crippen molar-refractivity contribution < 1.29 is 4.74 Å². The first-order chi connectivity index (χ1) is 12.6. The van der Waals surface area contributed by atoms with E-state index < -0.39 is 10.9 Å². The van der Waals surface area contributed by atoms with Crippen molar-refractivity contribution >= 4 is 17.1 Å². The van der Waals surface area contributed by atoms with Crippen molar-refractivity contribution in [1.29, 1.82) is 0 Å². The maximum Gasteiger partial charge on any atom is 0.253 e. The van der Waals surface area contributed by atoms with Crippen LogP contribution in [0.4, 0.5) is 17.1 Å². The maximum atomic E-state index is 12.1. The number of ether oxygens (including phenoxy) is 1. The second-order valence-corrected chi connectivity index (χ2v) is 6.03. The number of hydrogen-bond donors (Lipinski definition) is 2. The smallest absolute Gasteiger partial charge is 0.253 e. The molecule has 6 heteroatoms. The molecule has 3 rings (SSSR count). The lowest BCUT2D eigenvalue weighted by Gasteiger charge is -2.22. The summed E-state index contributed by atoms with van der Waals surface area (Å²) in [7, 11) is 1.54. The Morgan fingerprint density at radius 3 is 2.42 bits per heavy atom. The number of methoxy groups -OCH3 is 1. The van der Waals surface area contributed by atoms with E-state index >= 15 is 0 Å². The highest BCUT2D eigenvalue weighted by molar-refractivity contribution is 5.81. The Labute approximate surface area is 151 Å². The molecule has 0 aliphatic heterocycles. The van der Waals surface area contributed by atoms with Gasteiger partial charge in [0.2, 0.25) is 0 Å². The molecule has 26 heavy (non-hydrogen) atoms. The van der Waals surface area contributed by atoms with Crippen LogP contribution in [0.25, 0.3) is 0 Å². The van der Waals surface area contributed by atoms with Gasteiger partial charge < -0.3 is 15.4 Å². The standard InChI is InChI=1S/C20H21N3O3/c1-4-14(13-8-6-5-7-9-13)22-16-17(19(25)18(16)24)23-15-10-11-21-12(2)20(15)26-3/h5-11,14,22H,4H2,1-3H3,(H,21,23)/t14-/m1/s1. The Balaban J connectivity index is 1.90. The number of aryl methyl sites for hydroxylation is 1. The minimum atomic E-state index is -0.535. The SMILES string of the molecule is CC[C@@H](Nc1c(Nc2ccnc(C)c2OC)c(=O)c1=O)c1ccccc1. The molecule has 2 aromatic carbocycles. The van der Waals surface area contributed by atoms with Gasteiger partial charge in [-0.1, -0.05) is 37.3 Å². The van der Waals surface area contributed by atoms with Gasteiger partial charge >= 0.3 is 0 Å². The third-order valence-corrected chi connectivity index (χ3v) is 4.39. The Hall–Kier alpha value is -3.15. The number of hydrogen-bond acceptors (Lipinski definition) is 6. The predicted octanol–water partition coefficient (Wildman–Crippen LogP) is 3.30. The molecule has 1 heterocycles. The molecule has 0 fully saturated rings. The molecular formula is C20H21N3O3. The molecule has 134 valence electrons. The molecule has 1 atom stereocenters. The normalized spacial score (nSPS) is 12.0. The van der Waals surface area contributed by atoms with Crippen LogP contribution < -0.4 is 26.2 Å². The largest absolute Gasteiger partial charge is 0.493 e. The Kier molecular flexibility index (Phi) is 5.02. The van der Waals surface area contributed by atoms with Crippen LogP contribution in [0.5, 0.6) is 5.75 Å². The highest BCUT2D eigenvalue weighted by atomic mass is 16.5. The average molecular weight is 351 g/mol. The van der Waals surface area contributed by atoms with E-state index in [1.165, 1.54) is 0 Å². The summed E-state index contributed by atoms with van der Waals surface area (Å²) in [6.45, 7) is 3.84. The molecule has 0 amide bonds. The van der Waals surface area contributed by atoms with Crippen molar-refractivity contribution in [1.82, 2.24) is 4.98 Å². The van der Waals surface area contributed by atoms with Crippen LogP contribution in [0.3, 0.4) is 0 Å². The fraction of sp³-hybridized carbons (Fsp3) is 0.250. The Bertz CT molecular complexity index is 976. The van der Waals surface area contributed by atoms with Crippen LogP contribution in [0.1, 0.15) is 30.6 Å². The van der Waals surface area contributed by atoms with E-state index in [9.17, 15) is 9.59 Å². The van der Waals surface area contributed by atoms with Gasteiger partial charge in [-0.25, -0.2) is 0 Å². The van der Waals surface area contributed by atoms with E-state index in [2.05, 4.69) is 15.6 Å². The van der Waals surface area contributed by atoms with Crippen molar-refractivity contribution in [3.63, 3.8) is 0 Å². The minimum absolute atomic E-state index is 0.0545. The van der Waals surface area contributed by atoms with E-state index in [1.807, 2.05) is 44.2 Å². The summed E-state index contributed by atoms with van der Waals surface area (Å²) in [5.74, 6) is 0.543. The number of anilines is 3. The third kappa shape index (κ3) is 3.18. The zero-order chi connectivity index (χ0) is 18.7. The van der Waals surface area contributed by atoms with E-state index in [0.29, 0.717) is 22.8 Å². The molecule has 0 saturated carbocycles. The summed E-state index contributed by atoms with van der Waals surface area (Å²) in [6.07, 6.45) is 2.40. The van der Waals surface area contributed by atoms with Crippen LogP contribution >= 0.6 is 0 Å². The summed E-state index contributed by atoms with van der Waals surface area (Å²) in [6, 6.07) is 11.5. The molecule has 0 radical (unpaired) electrons. The van der Waals surface area contributed by atoms with Crippen molar-refractivity contribution in [2.45, 2.75) is 26.3 Å². The van der Waals surface area contributed by atoms with E-state index in [1.54, 1.807) is 19.4 Å². The lowest BCUT2D eigenvalue weighted by Crippen LogP contribution is -2.37. The molecular weight excluding hydrogens is 330 g/mol. The first-order valence-corrected chi connectivity index (χ1v) is 8.48. The molecule has 0 saturated heterocycles. The number of nitrogens with zero attached hydrogens (tertiary/aromatic N) is 1. The van der Waals surface area contributed by atoms with Gasteiger partial charge in [0.05, 0.1) is 24.5 Å². The highest BCUT2D eigenvalue weighted by Crippen LogP contribution is 2.32. The number of benzene rings is 1. The molecule has 2 N–H and O–H groups in total. The summed E-state index contributed by atoms with van der Waals surface area (Å²) in [5, 5.41) is 6.24. The van der Waals surface area contributed by atoms with Crippen molar-refractivity contribution in [3.8, 4) is 5.75 Å². The minimum Gasteiger partial charge on any atom is -0.493 e. The lowest BCUT2D eigenvalue weighted by atomic mass is 10.0. The summed E-state index contributed by atoms with van der Waals surface area (Å²) in [5.41, 5.74) is 1.88. The van der Waals surface area contributed by atoms with Crippen LogP contribution in [0, 0.1) is 6.92 Å². The first kappa shape index (κ1) is 17.7. The van der Waals surface area contributed by atoms with E-state index in [4.69, 9.17) is 4.74 Å². The zero-order valence-corrected chi connectivity index (χ0v) is 15.0. The number of pyridine rings is 1. The van der Waals surface area contributed by atoms with E-state index in [-0.39, 0.29) is 11.7 Å². The summed E-state index contributed by atoms with van der Waals surface area (Å²) in [4.78, 5) is 28.4. The Morgan fingerprint density at radius 2 is 1.77 bits per heavy atom. The topological polar surface area (TPSA) is 80.3 Å². The van der Waals surface area contributed by atoms with Gasteiger partial charge in [-0.15, -0.1) is 0 Å². The van der Waals surface area contributed by atoms with Crippen LogP contribution in [0.2, 0.25) is 0 Å². The molecule has 3 aromatic rings. The summed E-state index contributed by atoms with van der Waals surface area (Å²) >= 11 is 0. The second-order valence-electron chi connectivity index (χ2n) is 6.03. The summed E-state index contributed by atoms with van der Waals surface area (Å²) < 4.78 is 5.35. The predicted molar refractivity (Wildman–Crippen MR) is 103 cm³/mol. The molecule has 1 aromatic heterocycles. The monoisotopic (exact) mass is 351 g/mol. The quantitative estimate of drug-likeness (QED) is 0.636. The number of nitrogens with one attached hydrogen (secondary N) is 2. The average Bonchev–Trinajstić information content (AvgIpc) is 2.68. The molecule has 0 aliphatic rings. The van der Waals surface area contributed by atoms with Gasteiger partial charge in [0, 0.05) is 6.20 Å². The third-order valence-electron chi connectivity index (χ3n) is 4.39. The van der Waals surface area contributed by atoms with Crippen molar-refractivity contribution in [2.24, 2.45) is 0 Å². The van der Waals surface area contributed by atoms with Gasteiger partial charge in [-0.3, -0.25) is 14.6 Å². The fourth-order valence-electron chi connectivity index (χ4n) is 2.97. The van der Waals surface area contributed by atoms with Gasteiger partial charge in [-0.2, -0.15) is 0 Å². The van der Waals surface area contributed by atoms with Crippen molar-refractivity contribution in [2.75, 3.05) is 17.7 Å². The molecule has 6 nitrogen and oxygen atoms in total. The van der Waals surface area contributed by atoms with E-state index in [0.717, 1.165) is 12.0 Å². The Morgan fingerprint density at radius 1 is 1.08 bits per heavy atom. The lowest BCUT2D eigenvalue weighted by molar-refractivity contribution is 0.411. The van der Waals surface area contributed by atoms with Gasteiger partial charge in [0.1, 0.15) is 11.4 Å². The molecule has 0 unspecified atom stereocenters. The fourth-order valence-corrected chi connectivity index (χ4v) is 2.97. The molecule has 0 spiro atoms. The van der Waals surface area contributed by atoms with Crippen molar-refractivity contribution in [3.05, 3.63) is 74.3 Å². The maximum absolute atomic E-state index is 12.1. The molecule has 0 bridgehead atoms. The van der Waals surface area contributed by atoms with Crippen LogP contribution in [0.15, 0.2) is 52.2 Å².